The monoisotopic (exact) mass is 1160 g/mol. The second kappa shape index (κ2) is 34.2. The Balaban J connectivity index is 3.20. The number of carbonyl (C=O) groups is 12. The summed E-state index contributed by atoms with van der Waals surface area (Å²) in [4.78, 5) is 160. The zero-order chi connectivity index (χ0) is 61.6. The molecule has 1 rings (SSSR count). The van der Waals surface area contributed by atoms with E-state index in [0.717, 1.165) is 11.8 Å². The van der Waals surface area contributed by atoms with Crippen molar-refractivity contribution in [3.8, 4) is 0 Å². The Hall–Kier alpha value is -6.21. The molecule has 29 nitrogen and oxygen atoms in total. The number of aliphatic carboxylic acids is 1. The Bertz CT molecular complexity index is 2170. The second-order valence-corrected chi connectivity index (χ2v) is 21.6. The van der Waals surface area contributed by atoms with Gasteiger partial charge in [0.05, 0.1) is 31.5 Å². The molecule has 1 aliphatic heterocycles. The van der Waals surface area contributed by atoms with Gasteiger partial charge in [0.1, 0.15) is 66.5 Å². The van der Waals surface area contributed by atoms with Gasteiger partial charge in [-0.15, -0.1) is 0 Å². The van der Waals surface area contributed by atoms with Gasteiger partial charge in [-0.3, -0.25) is 52.7 Å². The number of carboxylic acid groups (broad SMARTS) is 1. The molecule has 0 aromatic rings. The van der Waals surface area contributed by atoms with Crippen LogP contribution in [0.25, 0.3) is 0 Å². The molecule has 0 radical (unpaired) electrons. The van der Waals surface area contributed by atoms with Gasteiger partial charge in [-0.1, -0.05) is 61.8 Å². The smallest absolute Gasteiger partial charge is 0.326 e. The quantitative estimate of drug-likeness (QED) is 0.0272. The number of aliphatic hydroxyl groups is 4. The van der Waals surface area contributed by atoms with E-state index >= 15 is 0 Å². The Morgan fingerprint density at radius 1 is 0.562 bits per heavy atom. The van der Waals surface area contributed by atoms with E-state index in [2.05, 4.69) is 65.8 Å². The molecular formula is C50H88N12O17S. The minimum absolute atomic E-state index is 0.0215. The maximum absolute atomic E-state index is 14.1. The van der Waals surface area contributed by atoms with E-state index in [1.54, 1.807) is 55.4 Å². The third kappa shape index (κ3) is 22.4. The fourth-order valence-corrected chi connectivity index (χ4v) is 8.30. The maximum atomic E-state index is 14.1. The van der Waals surface area contributed by atoms with Crippen LogP contribution in [0.3, 0.4) is 0 Å². The second-order valence-electron chi connectivity index (χ2n) is 21.3. The molecule has 1 aliphatic rings. The van der Waals surface area contributed by atoms with Crippen molar-refractivity contribution >= 4 is 83.6 Å². The SMILES string of the molecule is CC[C@H](C)[C@H](NC(=O)[C@H](CC(C)C)NC(=O)[C@@H](NC(=O)[C@H](CO)NC(=O)[C@@H](NC(=O)CNC(=O)[C@@H](N)[C@@H](C)O)[C@@H](C)O)C(C)C)C(=O)N[C@@H](C)C(=O)N[C@H](C(=O)N1CCC[C@H]1C(=O)N[C@@H](CS)C(=O)N[C@H](C(=O)O)C(C)C)[C@@H](C)O. The lowest BCUT2D eigenvalue weighted by atomic mass is 9.96. The Morgan fingerprint density at radius 2 is 1.05 bits per heavy atom. The molecule has 80 heavy (non-hydrogen) atoms. The van der Waals surface area contributed by atoms with Crippen LogP contribution in [0.5, 0.6) is 0 Å². The highest BCUT2D eigenvalue weighted by molar-refractivity contribution is 7.80. The Labute approximate surface area is 471 Å². The van der Waals surface area contributed by atoms with Crippen LogP contribution in [0.15, 0.2) is 0 Å². The van der Waals surface area contributed by atoms with Gasteiger partial charge in [-0.05, 0) is 70.6 Å². The first-order valence-electron chi connectivity index (χ1n) is 26.7. The first-order chi connectivity index (χ1) is 37.1. The number of hydrogen-bond acceptors (Lipinski definition) is 18. The van der Waals surface area contributed by atoms with Crippen molar-refractivity contribution < 1.29 is 83.1 Å². The first kappa shape index (κ1) is 71.8. The van der Waals surface area contributed by atoms with Crippen molar-refractivity contribution in [2.45, 2.75) is 194 Å². The summed E-state index contributed by atoms with van der Waals surface area (Å²) < 4.78 is 0. The molecule has 17 N–H and O–H groups in total. The van der Waals surface area contributed by atoms with Gasteiger partial charge in [-0.25, -0.2) is 4.79 Å². The number of nitrogens with two attached hydrogens (primary N) is 1. The van der Waals surface area contributed by atoms with Crippen LogP contribution in [-0.2, 0) is 57.5 Å². The van der Waals surface area contributed by atoms with Crippen molar-refractivity contribution in [2.24, 2.45) is 29.4 Å². The van der Waals surface area contributed by atoms with Crippen LogP contribution < -0.4 is 58.9 Å². The molecule has 1 fully saturated rings. The third-order valence-electron chi connectivity index (χ3n) is 13.2. The van der Waals surface area contributed by atoms with Crippen LogP contribution in [0.4, 0.5) is 0 Å². The normalized spacial score (nSPS) is 18.6. The van der Waals surface area contributed by atoms with E-state index in [1.165, 1.54) is 20.8 Å². The number of thiol groups is 1. The number of aliphatic hydroxyl groups excluding tert-OH is 4. The molecule has 456 valence electrons. The van der Waals surface area contributed by atoms with Gasteiger partial charge in [0, 0.05) is 12.3 Å². The Morgan fingerprint density at radius 3 is 1.54 bits per heavy atom. The van der Waals surface area contributed by atoms with Gasteiger partial charge >= 0.3 is 5.97 Å². The molecule has 0 aliphatic carbocycles. The van der Waals surface area contributed by atoms with Crippen LogP contribution in [0.2, 0.25) is 0 Å². The minimum Gasteiger partial charge on any atom is -0.480 e. The van der Waals surface area contributed by atoms with E-state index in [9.17, 15) is 83.1 Å². The van der Waals surface area contributed by atoms with Gasteiger partial charge in [0.15, 0.2) is 0 Å². The lowest BCUT2D eigenvalue weighted by molar-refractivity contribution is -0.145. The van der Waals surface area contributed by atoms with E-state index < -0.39 is 187 Å². The van der Waals surface area contributed by atoms with E-state index in [0.29, 0.717) is 12.8 Å². The summed E-state index contributed by atoms with van der Waals surface area (Å²) in [5.74, 6) is -13.4. The first-order valence-corrected chi connectivity index (χ1v) is 27.3. The highest BCUT2D eigenvalue weighted by atomic mass is 32.1. The summed E-state index contributed by atoms with van der Waals surface area (Å²) in [6, 6.07) is -15.5. The lowest BCUT2D eigenvalue weighted by Crippen LogP contribution is -2.62. The predicted octanol–water partition coefficient (Wildman–Crippen LogP) is -5.64. The summed E-state index contributed by atoms with van der Waals surface area (Å²) in [6.45, 7) is 16.4. The summed E-state index contributed by atoms with van der Waals surface area (Å²) in [7, 11) is 0. The molecule has 1 heterocycles. The van der Waals surface area contributed by atoms with Crippen molar-refractivity contribution in [1.29, 1.82) is 0 Å². The average molecular weight is 1160 g/mol. The molecule has 0 unspecified atom stereocenters. The highest BCUT2D eigenvalue weighted by Crippen LogP contribution is 2.20. The van der Waals surface area contributed by atoms with Crippen LogP contribution >= 0.6 is 12.6 Å². The lowest BCUT2D eigenvalue weighted by Gasteiger charge is -2.32. The molecule has 0 aromatic heterocycles. The topological polar surface area (TPSA) is 456 Å². The highest BCUT2D eigenvalue weighted by Gasteiger charge is 2.42. The van der Waals surface area contributed by atoms with E-state index in [-0.39, 0.29) is 31.1 Å². The van der Waals surface area contributed by atoms with Crippen molar-refractivity contribution in [2.75, 3.05) is 25.4 Å². The van der Waals surface area contributed by atoms with Crippen LogP contribution in [0, 0.1) is 23.7 Å². The number of likely N-dealkylation sites (tertiary alicyclic amines) is 1. The molecule has 15 atom stereocenters. The molecule has 0 spiro atoms. The number of carbonyl (C=O) groups excluding carboxylic acids is 11. The van der Waals surface area contributed by atoms with Crippen molar-refractivity contribution in [1.82, 2.24) is 58.1 Å². The summed E-state index contributed by atoms with van der Waals surface area (Å²) in [5.41, 5.74) is 5.54. The molecular weight excluding hydrogens is 1070 g/mol. The zero-order valence-corrected chi connectivity index (χ0v) is 48.6. The summed E-state index contributed by atoms with van der Waals surface area (Å²) in [5, 5.41) is 74.3. The number of carboxylic acids is 1. The van der Waals surface area contributed by atoms with Gasteiger partial charge in [-0.2, -0.15) is 12.6 Å². The zero-order valence-electron chi connectivity index (χ0n) is 47.7. The third-order valence-corrected chi connectivity index (χ3v) is 13.6. The number of amides is 11. The molecule has 0 aromatic carbocycles. The van der Waals surface area contributed by atoms with E-state index in [1.807, 2.05) is 0 Å². The van der Waals surface area contributed by atoms with Crippen LogP contribution in [-0.4, -0.2) is 212 Å². The van der Waals surface area contributed by atoms with Gasteiger partial charge in [0.25, 0.3) is 0 Å². The average Bonchev–Trinajstić information content (AvgIpc) is 3.88. The maximum Gasteiger partial charge on any atom is 0.326 e. The van der Waals surface area contributed by atoms with Gasteiger partial charge < -0.3 is 89.3 Å². The van der Waals surface area contributed by atoms with Crippen molar-refractivity contribution in [3.05, 3.63) is 0 Å². The predicted molar refractivity (Wildman–Crippen MR) is 291 cm³/mol. The molecule has 30 heteroatoms. The largest absolute Gasteiger partial charge is 0.480 e. The van der Waals surface area contributed by atoms with Crippen molar-refractivity contribution in [3.63, 3.8) is 0 Å². The Kier molecular flexibility index (Phi) is 30.7. The molecule has 0 saturated carbocycles. The van der Waals surface area contributed by atoms with E-state index in [4.69, 9.17) is 5.73 Å². The standard InChI is InChI=1S/C50H88N12O17S/c1-13-24(8)37(47(75)53-25(9)40(68)61-39(28(12)66)49(77)62-16-14-15-32(62)44(72)56-31(20-80)43(71)59-36(23(6)7)50(78)79)60-41(69)29(17-21(2)3)54-46(74)35(22(4)5)58-42(70)30(19-63)55-48(76)38(27(11)65)57-33(67)18-52-45(73)34(51)26(10)64/h21-32,34-39,63-66,80H,13-20,51H2,1-12H3,(H,52,73)(H,53,75)(H,54,74)(H,55,76)(H,56,72)(H,57,67)(H,58,70)(H,59,71)(H,60,69)(H,61,68)(H,78,79)/t24-,25-,26+,27+,28+,29-,30-,31-,32-,34-,35-,36-,37-,38-,39-/m0/s1. The summed E-state index contributed by atoms with van der Waals surface area (Å²) >= 11 is 4.14. The number of nitrogens with zero attached hydrogens (tertiary/aromatic N) is 1. The van der Waals surface area contributed by atoms with Gasteiger partial charge in [0.2, 0.25) is 65.0 Å². The molecule has 11 amide bonds. The van der Waals surface area contributed by atoms with Crippen LogP contribution in [0.1, 0.15) is 109 Å². The number of nitrogens with one attached hydrogen (secondary N) is 10. The fraction of sp³-hybridized carbons (Fsp3) is 0.760. The number of rotatable bonds is 33. The molecule has 0 bridgehead atoms. The number of hydrogen-bond donors (Lipinski definition) is 17. The summed E-state index contributed by atoms with van der Waals surface area (Å²) in [6.07, 6.45) is -3.49. The fourth-order valence-electron chi connectivity index (χ4n) is 8.05. The molecule has 1 saturated heterocycles. The minimum atomic E-state index is -1.74.